The van der Waals surface area contributed by atoms with E-state index in [1.165, 1.54) is 13.8 Å². The van der Waals surface area contributed by atoms with Crippen LogP contribution < -0.4 is 9.47 Å². The van der Waals surface area contributed by atoms with Crippen molar-refractivity contribution in [1.82, 2.24) is 0 Å². The van der Waals surface area contributed by atoms with Crippen molar-refractivity contribution in [3.05, 3.63) is 36.4 Å². The maximum absolute atomic E-state index is 11.8. The summed E-state index contributed by atoms with van der Waals surface area (Å²) in [6.07, 6.45) is -0.753. The molecule has 0 aliphatic rings. The molecule has 1 aromatic heterocycles. The Morgan fingerprint density at radius 3 is 2.00 bits per heavy atom. The second-order valence-electron chi connectivity index (χ2n) is 5.33. The lowest BCUT2D eigenvalue weighted by Gasteiger charge is -2.04. The molecule has 0 spiro atoms. The zero-order valence-electron chi connectivity index (χ0n) is 13.7. The van der Waals surface area contributed by atoms with Gasteiger partial charge in [-0.1, -0.05) is 41.7 Å². The lowest BCUT2D eigenvalue weighted by atomic mass is 10.2. The summed E-state index contributed by atoms with van der Waals surface area (Å²) in [5.74, 6) is -2.10. The Kier molecular flexibility index (Phi) is 6.19. The Hall–Kier alpha value is -2.80. The van der Waals surface area contributed by atoms with Crippen LogP contribution in [0, 0.1) is 0 Å². The number of esters is 2. The molecular weight excluding hydrogens is 344 g/mol. The van der Waals surface area contributed by atoms with Crippen LogP contribution in [-0.4, -0.2) is 23.5 Å². The van der Waals surface area contributed by atoms with Gasteiger partial charge < -0.3 is 9.47 Å². The number of rotatable bonds is 7. The average molecular weight is 360 g/mol. The number of hydrogen-bond acceptors (Lipinski definition) is 7. The van der Waals surface area contributed by atoms with Crippen molar-refractivity contribution in [2.45, 2.75) is 26.7 Å². The van der Waals surface area contributed by atoms with Gasteiger partial charge in [0.1, 0.15) is 24.4 Å². The minimum Gasteiger partial charge on any atom is -0.421 e. The van der Waals surface area contributed by atoms with E-state index in [1.807, 2.05) is 30.3 Å². The summed E-state index contributed by atoms with van der Waals surface area (Å²) in [5, 5.41) is 0.0713. The maximum Gasteiger partial charge on any atom is 0.319 e. The van der Waals surface area contributed by atoms with Crippen LogP contribution in [0.1, 0.15) is 26.7 Å². The van der Waals surface area contributed by atoms with E-state index < -0.39 is 11.9 Å². The van der Waals surface area contributed by atoms with E-state index in [0.29, 0.717) is 0 Å². The van der Waals surface area contributed by atoms with Gasteiger partial charge in [0, 0.05) is 10.9 Å². The first-order valence-corrected chi connectivity index (χ1v) is 8.26. The zero-order valence-corrected chi connectivity index (χ0v) is 14.6. The van der Waals surface area contributed by atoms with Crippen LogP contribution in [-0.2, 0) is 19.2 Å². The van der Waals surface area contributed by atoms with E-state index in [0.717, 1.165) is 21.8 Å². The normalized spacial score (nSPS) is 10.2. The molecule has 1 heterocycles. The molecule has 6 nitrogen and oxygen atoms in total. The van der Waals surface area contributed by atoms with E-state index in [4.69, 9.17) is 9.47 Å². The van der Waals surface area contributed by atoms with Crippen LogP contribution in [0.2, 0.25) is 0 Å². The molecule has 0 bridgehead atoms. The molecule has 0 saturated carbocycles. The first-order valence-electron chi connectivity index (χ1n) is 7.44. The molecule has 0 radical (unpaired) electrons. The Morgan fingerprint density at radius 2 is 1.44 bits per heavy atom. The van der Waals surface area contributed by atoms with Gasteiger partial charge in [-0.05, 0) is 19.4 Å². The van der Waals surface area contributed by atoms with Gasteiger partial charge in [0.2, 0.25) is 5.06 Å². The molecule has 130 valence electrons. The zero-order chi connectivity index (χ0) is 18.4. The summed E-state index contributed by atoms with van der Waals surface area (Å²) in [4.78, 5) is 46.3. The summed E-state index contributed by atoms with van der Waals surface area (Å²) in [6, 6.07) is 10.8. The van der Waals surface area contributed by atoms with Crippen molar-refractivity contribution in [3.63, 3.8) is 0 Å². The lowest BCUT2D eigenvalue weighted by molar-refractivity contribution is -0.140. The molecule has 0 amide bonds. The van der Waals surface area contributed by atoms with Crippen LogP contribution in [0.4, 0.5) is 0 Å². The van der Waals surface area contributed by atoms with E-state index >= 15 is 0 Å². The van der Waals surface area contributed by atoms with Gasteiger partial charge in [-0.25, -0.2) is 0 Å². The number of carbonyl (C=O) groups excluding carboxylic acids is 4. The average Bonchev–Trinajstić information content (AvgIpc) is 2.89. The molecule has 1 aromatic carbocycles. The molecule has 0 atom stereocenters. The van der Waals surface area contributed by atoms with Crippen molar-refractivity contribution in [2.24, 2.45) is 0 Å². The van der Waals surface area contributed by atoms with Crippen molar-refractivity contribution in [3.8, 4) is 21.3 Å². The predicted molar refractivity (Wildman–Crippen MR) is 91.6 cm³/mol. The summed E-state index contributed by atoms with van der Waals surface area (Å²) < 4.78 is 10.3. The number of carbonyl (C=O) groups is 4. The quantitative estimate of drug-likeness (QED) is 0.557. The molecule has 0 N–H and O–H groups in total. The van der Waals surface area contributed by atoms with Crippen LogP contribution in [0.5, 0.6) is 10.8 Å². The van der Waals surface area contributed by atoms with Gasteiger partial charge in [0.25, 0.3) is 0 Å². The number of hydrogen-bond donors (Lipinski definition) is 0. The fraction of sp³-hybridized carbons (Fsp3) is 0.222. The Morgan fingerprint density at radius 1 is 0.880 bits per heavy atom. The maximum atomic E-state index is 11.8. The fourth-order valence-electron chi connectivity index (χ4n) is 1.95. The molecule has 0 aliphatic carbocycles. The minimum atomic E-state index is -0.742. The number of Topliss-reactive ketones (excluding diaryl/α,β-unsaturated/α-hetero) is 2. The molecule has 0 unspecified atom stereocenters. The minimum absolute atomic E-state index is 0.0482. The fourth-order valence-corrected chi connectivity index (χ4v) is 2.90. The van der Waals surface area contributed by atoms with Crippen LogP contribution in [0.25, 0.3) is 10.4 Å². The van der Waals surface area contributed by atoms with Crippen molar-refractivity contribution in [2.75, 3.05) is 0 Å². The standard InChI is InChI=1S/C18H16O6S/c1-11(19)8-16(21)23-14-10-15(13-6-4-3-5-7-13)25-18(14)24-17(22)9-12(2)20/h3-7,10H,8-9H2,1-2H3. The highest BCUT2D eigenvalue weighted by Gasteiger charge is 2.20. The van der Waals surface area contributed by atoms with E-state index in [1.54, 1.807) is 6.07 Å². The molecule has 7 heteroatoms. The second-order valence-corrected chi connectivity index (χ2v) is 6.35. The van der Waals surface area contributed by atoms with Gasteiger partial charge >= 0.3 is 11.9 Å². The largest absolute Gasteiger partial charge is 0.421 e. The highest BCUT2D eigenvalue weighted by molar-refractivity contribution is 7.17. The predicted octanol–water partition coefficient (Wildman–Crippen LogP) is 3.18. The third kappa shape index (κ3) is 5.65. The molecule has 25 heavy (non-hydrogen) atoms. The smallest absolute Gasteiger partial charge is 0.319 e. The van der Waals surface area contributed by atoms with Crippen molar-refractivity contribution in [1.29, 1.82) is 0 Å². The molecule has 0 fully saturated rings. The molecular formula is C18H16O6S. The van der Waals surface area contributed by atoms with E-state index in [-0.39, 0.29) is 35.2 Å². The van der Waals surface area contributed by atoms with E-state index in [2.05, 4.69) is 0 Å². The van der Waals surface area contributed by atoms with Crippen LogP contribution >= 0.6 is 11.3 Å². The lowest BCUT2D eigenvalue weighted by Crippen LogP contribution is -2.14. The Balaban J connectivity index is 2.28. The van der Waals surface area contributed by atoms with Gasteiger partial charge in [0.05, 0.1) is 0 Å². The third-order valence-electron chi connectivity index (χ3n) is 2.94. The number of ether oxygens (including phenoxy) is 2. The highest BCUT2D eigenvalue weighted by atomic mass is 32.1. The summed E-state index contributed by atoms with van der Waals surface area (Å²) in [5.41, 5.74) is 0.852. The van der Waals surface area contributed by atoms with Crippen LogP contribution in [0.3, 0.4) is 0 Å². The SMILES string of the molecule is CC(=O)CC(=O)Oc1cc(-c2ccccc2)sc1OC(=O)CC(C)=O. The van der Waals surface area contributed by atoms with E-state index in [9.17, 15) is 19.2 Å². The molecule has 0 aliphatic heterocycles. The Labute approximate surface area is 148 Å². The van der Waals surface area contributed by atoms with Gasteiger partial charge in [-0.2, -0.15) is 0 Å². The monoisotopic (exact) mass is 360 g/mol. The highest BCUT2D eigenvalue weighted by Crippen LogP contribution is 2.42. The summed E-state index contributed by atoms with van der Waals surface area (Å²) >= 11 is 1.11. The molecule has 0 saturated heterocycles. The van der Waals surface area contributed by atoms with Gasteiger partial charge in [-0.3, -0.25) is 19.2 Å². The third-order valence-corrected chi connectivity index (χ3v) is 3.98. The topological polar surface area (TPSA) is 86.7 Å². The first-order chi connectivity index (χ1) is 11.8. The molecule has 2 aromatic rings. The second kappa shape index (κ2) is 8.34. The van der Waals surface area contributed by atoms with Crippen LogP contribution in [0.15, 0.2) is 36.4 Å². The summed E-state index contributed by atoms with van der Waals surface area (Å²) in [7, 11) is 0. The molecule has 2 rings (SSSR count). The number of ketones is 2. The van der Waals surface area contributed by atoms with Crippen molar-refractivity contribution < 1.29 is 28.7 Å². The number of benzene rings is 1. The van der Waals surface area contributed by atoms with Gasteiger partial charge in [0.15, 0.2) is 5.75 Å². The summed E-state index contributed by atoms with van der Waals surface area (Å²) in [6.45, 7) is 2.55. The Bertz CT molecular complexity index is 759. The first kappa shape index (κ1) is 18.5. The van der Waals surface area contributed by atoms with Gasteiger partial charge in [-0.15, -0.1) is 0 Å². The number of thiophene rings is 1. The van der Waals surface area contributed by atoms with Crippen molar-refractivity contribution >= 4 is 34.8 Å².